The number of likely N-dealkylation sites (N-methyl/N-ethyl adjacent to an activating group) is 1. The maximum Gasteiger partial charge on any atom is 0.237 e. The van der Waals surface area contributed by atoms with Crippen molar-refractivity contribution >= 4 is 17.7 Å². The van der Waals surface area contributed by atoms with Crippen LogP contribution in [0.5, 0.6) is 0 Å². The van der Waals surface area contributed by atoms with E-state index in [0.29, 0.717) is 0 Å². The summed E-state index contributed by atoms with van der Waals surface area (Å²) < 4.78 is 0. The molecule has 1 amide bonds. The SMILES string of the molecule is Cc1ccc(SCC(C)NC(=O)C(C)N2CCN(C)CC2)cc1. The van der Waals surface area contributed by atoms with Gasteiger partial charge in [0.05, 0.1) is 6.04 Å². The lowest BCUT2D eigenvalue weighted by Crippen LogP contribution is -2.54. The fourth-order valence-corrected chi connectivity index (χ4v) is 3.49. The number of amides is 1. The molecule has 0 spiro atoms. The van der Waals surface area contributed by atoms with Crippen molar-refractivity contribution in [2.45, 2.75) is 37.8 Å². The quantitative estimate of drug-likeness (QED) is 0.809. The Morgan fingerprint density at radius 2 is 1.78 bits per heavy atom. The Hall–Kier alpha value is -1.04. The highest BCUT2D eigenvalue weighted by Crippen LogP contribution is 2.19. The van der Waals surface area contributed by atoms with E-state index in [1.54, 1.807) is 11.8 Å². The Bertz CT molecular complexity index is 497. The van der Waals surface area contributed by atoms with Gasteiger partial charge in [-0.1, -0.05) is 17.7 Å². The summed E-state index contributed by atoms with van der Waals surface area (Å²) in [5.74, 6) is 1.04. The largest absolute Gasteiger partial charge is 0.351 e. The van der Waals surface area contributed by atoms with Gasteiger partial charge >= 0.3 is 0 Å². The molecule has 1 aromatic carbocycles. The summed E-state index contributed by atoms with van der Waals surface area (Å²) in [7, 11) is 2.13. The van der Waals surface area contributed by atoms with Crippen LogP contribution in [-0.2, 0) is 4.79 Å². The highest BCUT2D eigenvalue weighted by molar-refractivity contribution is 7.99. The molecule has 1 N–H and O–H groups in total. The summed E-state index contributed by atoms with van der Waals surface area (Å²) in [6.07, 6.45) is 0. The number of nitrogens with one attached hydrogen (secondary N) is 1. The van der Waals surface area contributed by atoms with Crippen LogP contribution in [0.2, 0.25) is 0 Å². The second-order valence-electron chi connectivity index (χ2n) is 6.55. The first-order valence-corrected chi connectivity index (χ1v) is 9.36. The van der Waals surface area contributed by atoms with Crippen molar-refractivity contribution in [2.75, 3.05) is 39.0 Å². The number of hydrogen-bond donors (Lipinski definition) is 1. The monoisotopic (exact) mass is 335 g/mol. The minimum atomic E-state index is -0.0458. The van der Waals surface area contributed by atoms with Gasteiger partial charge in [0, 0.05) is 42.9 Å². The molecule has 0 aliphatic carbocycles. The van der Waals surface area contributed by atoms with Crippen LogP contribution in [0.3, 0.4) is 0 Å². The smallest absolute Gasteiger partial charge is 0.237 e. The maximum absolute atomic E-state index is 12.4. The lowest BCUT2D eigenvalue weighted by molar-refractivity contribution is -0.127. The van der Waals surface area contributed by atoms with E-state index in [9.17, 15) is 4.79 Å². The van der Waals surface area contributed by atoms with Crippen LogP contribution in [-0.4, -0.2) is 66.8 Å². The molecule has 2 rings (SSSR count). The molecule has 1 aromatic rings. The van der Waals surface area contributed by atoms with E-state index in [1.165, 1.54) is 10.5 Å². The number of nitrogens with zero attached hydrogens (tertiary/aromatic N) is 2. The van der Waals surface area contributed by atoms with Crippen LogP contribution >= 0.6 is 11.8 Å². The number of carbonyl (C=O) groups excluding carboxylic acids is 1. The van der Waals surface area contributed by atoms with Crippen molar-refractivity contribution in [2.24, 2.45) is 0 Å². The molecule has 2 atom stereocenters. The Balaban J connectivity index is 1.74. The molecule has 1 aliphatic rings. The number of hydrogen-bond acceptors (Lipinski definition) is 4. The standard InChI is InChI=1S/C18H29N3OS/c1-14-5-7-17(8-6-14)23-13-15(2)19-18(22)16(3)21-11-9-20(4)10-12-21/h5-8,15-16H,9-13H2,1-4H3,(H,19,22). The third kappa shape index (κ3) is 5.83. The van der Waals surface area contributed by atoms with Gasteiger partial charge in [-0.05, 0) is 40.0 Å². The highest BCUT2D eigenvalue weighted by atomic mass is 32.2. The highest BCUT2D eigenvalue weighted by Gasteiger charge is 2.25. The minimum Gasteiger partial charge on any atom is -0.351 e. The van der Waals surface area contributed by atoms with Crippen LogP contribution < -0.4 is 5.32 Å². The molecule has 0 bridgehead atoms. The maximum atomic E-state index is 12.4. The van der Waals surface area contributed by atoms with Gasteiger partial charge in [0.25, 0.3) is 0 Å². The van der Waals surface area contributed by atoms with Crippen molar-refractivity contribution in [3.63, 3.8) is 0 Å². The average Bonchev–Trinajstić information content (AvgIpc) is 2.54. The van der Waals surface area contributed by atoms with Crippen molar-refractivity contribution < 1.29 is 4.79 Å². The fourth-order valence-electron chi connectivity index (χ4n) is 2.64. The molecule has 5 heteroatoms. The van der Waals surface area contributed by atoms with Crippen molar-refractivity contribution in [1.82, 2.24) is 15.1 Å². The van der Waals surface area contributed by atoms with Gasteiger partial charge < -0.3 is 10.2 Å². The predicted molar refractivity (Wildman–Crippen MR) is 98.0 cm³/mol. The van der Waals surface area contributed by atoms with E-state index >= 15 is 0 Å². The summed E-state index contributed by atoms with van der Waals surface area (Å²) in [5, 5.41) is 3.15. The lowest BCUT2D eigenvalue weighted by atomic mass is 10.2. The summed E-state index contributed by atoms with van der Waals surface area (Å²) in [6.45, 7) is 10.2. The number of thioether (sulfide) groups is 1. The second kappa shape index (κ2) is 8.71. The molecule has 4 nitrogen and oxygen atoms in total. The average molecular weight is 336 g/mol. The summed E-state index contributed by atoms with van der Waals surface area (Å²) >= 11 is 1.79. The Labute approximate surface area is 144 Å². The molecule has 0 radical (unpaired) electrons. The number of rotatable bonds is 6. The number of carbonyl (C=O) groups is 1. The molecule has 1 aliphatic heterocycles. The van der Waals surface area contributed by atoms with Crippen LogP contribution in [0.1, 0.15) is 19.4 Å². The van der Waals surface area contributed by atoms with Gasteiger partial charge in [-0.3, -0.25) is 9.69 Å². The Morgan fingerprint density at radius 1 is 1.17 bits per heavy atom. The summed E-state index contributed by atoms with van der Waals surface area (Å²) in [4.78, 5) is 18.2. The van der Waals surface area contributed by atoms with E-state index in [4.69, 9.17) is 0 Å². The van der Waals surface area contributed by atoms with Gasteiger partial charge in [-0.2, -0.15) is 0 Å². The second-order valence-corrected chi connectivity index (χ2v) is 7.64. The first-order valence-electron chi connectivity index (χ1n) is 8.38. The van der Waals surface area contributed by atoms with Crippen LogP contribution in [0.15, 0.2) is 29.2 Å². The van der Waals surface area contributed by atoms with Crippen LogP contribution in [0.25, 0.3) is 0 Å². The van der Waals surface area contributed by atoms with Crippen LogP contribution in [0.4, 0.5) is 0 Å². The zero-order chi connectivity index (χ0) is 16.8. The molecular formula is C18H29N3OS. The van der Waals surface area contributed by atoms with Crippen molar-refractivity contribution in [3.05, 3.63) is 29.8 Å². The van der Waals surface area contributed by atoms with Crippen molar-refractivity contribution in [1.29, 1.82) is 0 Å². The lowest BCUT2D eigenvalue weighted by Gasteiger charge is -2.36. The zero-order valence-corrected chi connectivity index (χ0v) is 15.5. The van der Waals surface area contributed by atoms with E-state index in [1.807, 2.05) is 6.92 Å². The van der Waals surface area contributed by atoms with Crippen molar-refractivity contribution in [3.8, 4) is 0 Å². The fraction of sp³-hybridized carbons (Fsp3) is 0.611. The summed E-state index contributed by atoms with van der Waals surface area (Å²) in [5.41, 5.74) is 1.27. The molecular weight excluding hydrogens is 306 g/mol. The van der Waals surface area contributed by atoms with E-state index in [0.717, 1.165) is 31.9 Å². The Morgan fingerprint density at radius 3 is 2.39 bits per heavy atom. The third-order valence-corrected chi connectivity index (χ3v) is 5.65. The molecule has 2 unspecified atom stereocenters. The molecule has 23 heavy (non-hydrogen) atoms. The predicted octanol–water partition coefficient (Wildman–Crippen LogP) is 2.23. The van der Waals surface area contributed by atoms with E-state index in [2.05, 4.69) is 60.3 Å². The topological polar surface area (TPSA) is 35.6 Å². The molecule has 0 saturated carbocycles. The van der Waals surface area contributed by atoms with E-state index in [-0.39, 0.29) is 18.0 Å². The van der Waals surface area contributed by atoms with Gasteiger partial charge in [-0.25, -0.2) is 0 Å². The molecule has 1 heterocycles. The number of aryl methyl sites for hydroxylation is 1. The summed E-state index contributed by atoms with van der Waals surface area (Å²) in [6, 6.07) is 8.66. The van der Waals surface area contributed by atoms with Crippen LogP contribution in [0, 0.1) is 6.92 Å². The number of benzene rings is 1. The molecule has 1 saturated heterocycles. The first kappa shape index (κ1) is 18.3. The molecule has 128 valence electrons. The molecule has 0 aromatic heterocycles. The van der Waals surface area contributed by atoms with Gasteiger partial charge in [0.2, 0.25) is 5.91 Å². The zero-order valence-electron chi connectivity index (χ0n) is 14.7. The van der Waals surface area contributed by atoms with E-state index < -0.39 is 0 Å². The third-order valence-electron chi connectivity index (χ3n) is 4.37. The van der Waals surface area contributed by atoms with Gasteiger partial charge in [-0.15, -0.1) is 11.8 Å². The normalized spacial score (nSPS) is 19.3. The number of piperazine rings is 1. The minimum absolute atomic E-state index is 0.0458. The molecule has 1 fully saturated rings. The first-order chi connectivity index (χ1) is 11.0. The Kier molecular flexibility index (Phi) is 6.93. The van der Waals surface area contributed by atoms with Gasteiger partial charge in [0.1, 0.15) is 0 Å². The van der Waals surface area contributed by atoms with Gasteiger partial charge in [0.15, 0.2) is 0 Å².